The molecule has 3 N–H and O–H groups in total. The number of carbonyl (C=O) groups is 1. The van der Waals surface area contributed by atoms with Crippen LogP contribution in [0.5, 0.6) is 5.75 Å². The van der Waals surface area contributed by atoms with E-state index in [0.29, 0.717) is 0 Å². The van der Waals surface area contributed by atoms with Crippen LogP contribution in [0.3, 0.4) is 0 Å². The first-order chi connectivity index (χ1) is 7.97. The van der Waals surface area contributed by atoms with Gasteiger partial charge in [0, 0.05) is 12.5 Å². The molecule has 0 aromatic heterocycles. The third-order valence-corrected chi connectivity index (χ3v) is 3.38. The van der Waals surface area contributed by atoms with Crippen molar-refractivity contribution in [3.8, 4) is 5.75 Å². The number of halogens is 1. The average molecular weight is 300 g/mol. The van der Waals surface area contributed by atoms with Crippen molar-refractivity contribution in [3.63, 3.8) is 0 Å². The fraction of sp³-hybridized carbons (Fsp3) is 0.417. The predicted molar refractivity (Wildman–Crippen MR) is 67.1 cm³/mol. The van der Waals surface area contributed by atoms with Gasteiger partial charge in [0.15, 0.2) is 0 Å². The van der Waals surface area contributed by atoms with Crippen LogP contribution in [0.4, 0.5) is 0 Å². The van der Waals surface area contributed by atoms with Gasteiger partial charge in [0.1, 0.15) is 11.9 Å². The van der Waals surface area contributed by atoms with Crippen LogP contribution in [-0.4, -0.2) is 17.2 Å². The Bertz CT molecular complexity index is 461. The first-order valence-corrected chi connectivity index (χ1v) is 6.23. The van der Waals surface area contributed by atoms with E-state index in [-0.39, 0.29) is 12.5 Å². The molecule has 2 rings (SSSR count). The Labute approximate surface area is 108 Å². The Morgan fingerprint density at radius 2 is 2.41 bits per heavy atom. The molecular weight excluding hydrogens is 286 g/mol. The molecule has 2 unspecified atom stereocenters. The lowest BCUT2D eigenvalue weighted by Gasteiger charge is -2.12. The summed E-state index contributed by atoms with van der Waals surface area (Å²) in [5, 5.41) is 8.73. The number of hydrogen-bond acceptors (Lipinski definition) is 3. The lowest BCUT2D eigenvalue weighted by atomic mass is 10.0. The number of aliphatic carboxylic acids is 1. The van der Waals surface area contributed by atoms with Gasteiger partial charge in [-0.3, -0.25) is 4.79 Å². The summed E-state index contributed by atoms with van der Waals surface area (Å²) in [5.41, 5.74) is 7.77. The molecule has 1 heterocycles. The SMILES string of the molecule is CC1Cc2cc(C(N)CC(=O)O)cc(Br)c2O1. The zero-order valence-electron chi connectivity index (χ0n) is 9.44. The standard InChI is InChI=1S/C12H14BrNO3/c1-6-2-8-3-7(10(14)5-11(15)16)4-9(13)12(8)17-6/h3-4,6,10H,2,5,14H2,1H3,(H,15,16). The summed E-state index contributed by atoms with van der Waals surface area (Å²) in [6.07, 6.45) is 0.927. The summed E-state index contributed by atoms with van der Waals surface area (Å²) in [4.78, 5) is 10.6. The predicted octanol–water partition coefficient (Wildman–Crippen LogP) is 2.25. The van der Waals surface area contributed by atoms with Crippen molar-refractivity contribution < 1.29 is 14.6 Å². The van der Waals surface area contributed by atoms with Crippen molar-refractivity contribution in [1.29, 1.82) is 0 Å². The molecule has 0 radical (unpaired) electrons. The van der Waals surface area contributed by atoms with Crippen LogP contribution in [-0.2, 0) is 11.2 Å². The molecule has 1 aliphatic rings. The topological polar surface area (TPSA) is 72.6 Å². The maximum atomic E-state index is 10.6. The second-order valence-electron chi connectivity index (χ2n) is 4.33. The molecule has 5 heteroatoms. The van der Waals surface area contributed by atoms with Gasteiger partial charge in [-0.15, -0.1) is 0 Å². The molecule has 0 amide bonds. The van der Waals surface area contributed by atoms with Crippen LogP contribution in [0, 0.1) is 0 Å². The van der Waals surface area contributed by atoms with Gasteiger partial charge >= 0.3 is 5.97 Å². The Balaban J connectivity index is 2.29. The zero-order chi connectivity index (χ0) is 12.6. The molecule has 0 spiro atoms. The third kappa shape index (κ3) is 2.61. The lowest BCUT2D eigenvalue weighted by Crippen LogP contribution is -2.15. The summed E-state index contributed by atoms with van der Waals surface area (Å²) in [7, 11) is 0. The molecule has 0 fully saturated rings. The summed E-state index contributed by atoms with van der Waals surface area (Å²) in [6, 6.07) is 3.30. The minimum absolute atomic E-state index is 0.0678. The highest BCUT2D eigenvalue weighted by molar-refractivity contribution is 9.10. The summed E-state index contributed by atoms with van der Waals surface area (Å²) in [5.74, 6) is -0.0393. The van der Waals surface area contributed by atoms with Gasteiger partial charge in [-0.1, -0.05) is 6.07 Å². The van der Waals surface area contributed by atoms with E-state index in [1.165, 1.54) is 0 Å². The van der Waals surface area contributed by atoms with Crippen LogP contribution in [0.25, 0.3) is 0 Å². The fourth-order valence-electron chi connectivity index (χ4n) is 2.03. The second kappa shape index (κ2) is 4.66. The van der Waals surface area contributed by atoms with Crippen molar-refractivity contribution in [3.05, 3.63) is 27.7 Å². The third-order valence-electron chi connectivity index (χ3n) is 2.79. The van der Waals surface area contributed by atoms with Gasteiger partial charge < -0.3 is 15.6 Å². The van der Waals surface area contributed by atoms with E-state index in [2.05, 4.69) is 15.9 Å². The normalized spacial score (nSPS) is 19.6. The second-order valence-corrected chi connectivity index (χ2v) is 5.18. The minimum Gasteiger partial charge on any atom is -0.489 e. The maximum absolute atomic E-state index is 10.6. The van der Waals surface area contributed by atoms with Gasteiger partial charge in [0.2, 0.25) is 0 Å². The van der Waals surface area contributed by atoms with Crippen LogP contribution < -0.4 is 10.5 Å². The van der Waals surface area contributed by atoms with E-state index in [1.807, 2.05) is 19.1 Å². The van der Waals surface area contributed by atoms with Gasteiger partial charge in [0.25, 0.3) is 0 Å². The number of rotatable bonds is 3. The quantitative estimate of drug-likeness (QED) is 0.898. The molecule has 1 aromatic rings. The van der Waals surface area contributed by atoms with Crippen molar-refractivity contribution in [2.45, 2.75) is 31.9 Å². The number of fused-ring (bicyclic) bond motifs is 1. The van der Waals surface area contributed by atoms with Crippen LogP contribution in [0.1, 0.15) is 30.5 Å². The molecule has 0 aliphatic carbocycles. The summed E-state index contributed by atoms with van der Waals surface area (Å²) >= 11 is 3.43. The van der Waals surface area contributed by atoms with E-state index < -0.39 is 12.0 Å². The molecule has 92 valence electrons. The van der Waals surface area contributed by atoms with Gasteiger partial charge in [0.05, 0.1) is 10.9 Å². The Morgan fingerprint density at radius 3 is 3.06 bits per heavy atom. The van der Waals surface area contributed by atoms with E-state index >= 15 is 0 Å². The molecule has 17 heavy (non-hydrogen) atoms. The zero-order valence-corrected chi connectivity index (χ0v) is 11.0. The summed E-state index contributed by atoms with van der Waals surface area (Å²) < 4.78 is 6.49. The van der Waals surface area contributed by atoms with Gasteiger partial charge in [-0.05, 0) is 40.0 Å². The molecule has 4 nitrogen and oxygen atoms in total. The number of nitrogens with two attached hydrogens (primary N) is 1. The van der Waals surface area contributed by atoms with Crippen molar-refractivity contribution in [2.75, 3.05) is 0 Å². The molecule has 1 aromatic carbocycles. The van der Waals surface area contributed by atoms with E-state index in [9.17, 15) is 4.79 Å². The van der Waals surface area contributed by atoms with Crippen molar-refractivity contribution >= 4 is 21.9 Å². The van der Waals surface area contributed by atoms with Crippen molar-refractivity contribution in [2.24, 2.45) is 5.73 Å². The minimum atomic E-state index is -0.890. The first-order valence-electron chi connectivity index (χ1n) is 5.43. The van der Waals surface area contributed by atoms with Crippen LogP contribution in [0.2, 0.25) is 0 Å². The van der Waals surface area contributed by atoms with Gasteiger partial charge in [-0.25, -0.2) is 0 Å². The largest absolute Gasteiger partial charge is 0.489 e. The number of ether oxygens (including phenoxy) is 1. The summed E-state index contributed by atoms with van der Waals surface area (Å²) in [6.45, 7) is 2.00. The van der Waals surface area contributed by atoms with Crippen molar-refractivity contribution in [1.82, 2.24) is 0 Å². The maximum Gasteiger partial charge on any atom is 0.305 e. The first kappa shape index (κ1) is 12.4. The Kier molecular flexibility index (Phi) is 3.40. The number of hydrogen-bond donors (Lipinski definition) is 2. The highest BCUT2D eigenvalue weighted by Crippen LogP contribution is 2.38. The van der Waals surface area contributed by atoms with Crippen LogP contribution in [0.15, 0.2) is 16.6 Å². The Hall–Kier alpha value is -1.07. The smallest absolute Gasteiger partial charge is 0.305 e. The average Bonchev–Trinajstić information content (AvgIpc) is 2.58. The highest BCUT2D eigenvalue weighted by Gasteiger charge is 2.23. The van der Waals surface area contributed by atoms with E-state index in [4.69, 9.17) is 15.6 Å². The number of benzene rings is 1. The monoisotopic (exact) mass is 299 g/mol. The molecule has 1 aliphatic heterocycles. The van der Waals surface area contributed by atoms with E-state index in [0.717, 1.165) is 27.8 Å². The lowest BCUT2D eigenvalue weighted by molar-refractivity contribution is -0.137. The highest BCUT2D eigenvalue weighted by atomic mass is 79.9. The number of carboxylic acid groups (broad SMARTS) is 1. The molecular formula is C12H14BrNO3. The molecule has 0 bridgehead atoms. The van der Waals surface area contributed by atoms with E-state index in [1.54, 1.807) is 0 Å². The fourth-order valence-corrected chi connectivity index (χ4v) is 2.64. The van der Waals surface area contributed by atoms with Gasteiger partial charge in [-0.2, -0.15) is 0 Å². The Morgan fingerprint density at radius 1 is 1.71 bits per heavy atom. The molecule has 2 atom stereocenters. The number of carboxylic acids is 1. The van der Waals surface area contributed by atoms with Crippen LogP contribution >= 0.6 is 15.9 Å². The molecule has 0 saturated heterocycles. The molecule has 0 saturated carbocycles.